The maximum atomic E-state index is 12.7. The first-order valence-corrected chi connectivity index (χ1v) is 16.1. The predicted octanol–water partition coefficient (Wildman–Crippen LogP) is 6.30. The van der Waals surface area contributed by atoms with Gasteiger partial charge in [-0.1, -0.05) is 121 Å². The van der Waals surface area contributed by atoms with Gasteiger partial charge in [-0.05, 0) is 41.5 Å². The van der Waals surface area contributed by atoms with Gasteiger partial charge in [-0.25, -0.2) is 22.9 Å². The number of imidazole rings is 1. The summed E-state index contributed by atoms with van der Waals surface area (Å²) < 4.78 is 33.0. The van der Waals surface area contributed by atoms with Crippen LogP contribution in [-0.4, -0.2) is 41.5 Å². The van der Waals surface area contributed by atoms with Crippen molar-refractivity contribution in [3.8, 4) is 0 Å². The molecule has 0 saturated carbocycles. The summed E-state index contributed by atoms with van der Waals surface area (Å²) in [6.07, 6.45) is 0.546. The van der Waals surface area contributed by atoms with Crippen molar-refractivity contribution >= 4 is 16.2 Å². The Labute approximate surface area is 257 Å². The first-order chi connectivity index (χ1) is 21.4. The van der Waals surface area contributed by atoms with E-state index >= 15 is 0 Å². The van der Waals surface area contributed by atoms with Gasteiger partial charge in [-0.3, -0.25) is 0 Å². The fourth-order valence-corrected chi connectivity index (χ4v) is 6.81. The van der Waals surface area contributed by atoms with Crippen molar-refractivity contribution < 1.29 is 23.1 Å². The molecule has 9 heteroatoms. The maximum absolute atomic E-state index is 12.7. The van der Waals surface area contributed by atoms with Crippen LogP contribution in [0.3, 0.4) is 0 Å². The third kappa shape index (κ3) is 7.42. The van der Waals surface area contributed by atoms with Crippen LogP contribution in [0.5, 0.6) is 0 Å². The summed E-state index contributed by atoms with van der Waals surface area (Å²) in [6, 6.07) is 39.8. The van der Waals surface area contributed by atoms with Crippen LogP contribution in [0.1, 0.15) is 46.6 Å². The third-order valence-corrected chi connectivity index (χ3v) is 8.97. The van der Waals surface area contributed by atoms with Crippen LogP contribution < -0.4 is 4.72 Å². The monoisotopic (exact) mass is 609 g/mol. The quantitative estimate of drug-likeness (QED) is 0.100. The molecule has 0 aliphatic carbocycles. The zero-order valence-electron chi connectivity index (χ0n) is 24.2. The number of aryl methyl sites for hydroxylation is 1. The number of rotatable bonds is 14. The number of ether oxygens (including phenoxy) is 1. The van der Waals surface area contributed by atoms with Gasteiger partial charge in [0, 0.05) is 12.7 Å². The molecule has 0 aliphatic heterocycles. The van der Waals surface area contributed by atoms with E-state index < -0.39 is 33.5 Å². The second kappa shape index (κ2) is 14.2. The van der Waals surface area contributed by atoms with Crippen LogP contribution in [0.25, 0.3) is 0 Å². The van der Waals surface area contributed by atoms with E-state index in [0.717, 1.165) is 33.8 Å². The van der Waals surface area contributed by atoms with Gasteiger partial charge in [-0.15, -0.1) is 0 Å². The highest BCUT2D eigenvalue weighted by Gasteiger charge is 2.41. The largest absolute Gasteiger partial charge is 0.506 e. The Morgan fingerprint density at radius 2 is 1.32 bits per heavy atom. The molecule has 5 rings (SSSR count). The lowest BCUT2D eigenvalue weighted by Crippen LogP contribution is -2.34. The number of H-pyrrole nitrogens is 1. The number of aromatic nitrogens is 2. The Balaban J connectivity index is 1.35. The SMILES string of the molecule is O=C(O)OC(CCCc1c[nH]c(C(c2ccccc2)(c2ccccc2)c2ccccc2)n1)CS(=O)(=O)NCc1ccccc1. The number of sulfonamides is 1. The highest BCUT2D eigenvalue weighted by Crippen LogP contribution is 2.43. The molecule has 8 nitrogen and oxygen atoms in total. The Kier molecular flexibility index (Phi) is 9.89. The molecular formula is C35H35N3O5S. The first-order valence-electron chi connectivity index (χ1n) is 14.5. The van der Waals surface area contributed by atoms with Gasteiger partial charge in [-0.2, -0.15) is 0 Å². The van der Waals surface area contributed by atoms with Gasteiger partial charge >= 0.3 is 6.16 Å². The van der Waals surface area contributed by atoms with E-state index in [9.17, 15) is 18.3 Å². The first kappa shape index (κ1) is 30.7. The minimum atomic E-state index is -3.79. The minimum absolute atomic E-state index is 0.116. The van der Waals surface area contributed by atoms with Gasteiger partial charge in [0.2, 0.25) is 10.0 Å². The molecule has 0 bridgehead atoms. The van der Waals surface area contributed by atoms with Crippen molar-refractivity contribution in [2.45, 2.75) is 37.3 Å². The van der Waals surface area contributed by atoms with Gasteiger partial charge in [0.1, 0.15) is 23.1 Å². The lowest BCUT2D eigenvalue weighted by Gasteiger charge is -2.34. The summed E-state index contributed by atoms with van der Waals surface area (Å²) in [4.78, 5) is 19.9. The van der Waals surface area contributed by atoms with E-state index in [0.29, 0.717) is 12.8 Å². The molecule has 0 amide bonds. The topological polar surface area (TPSA) is 121 Å². The predicted molar refractivity (Wildman–Crippen MR) is 170 cm³/mol. The van der Waals surface area contributed by atoms with E-state index in [2.05, 4.69) is 46.1 Å². The van der Waals surface area contributed by atoms with Gasteiger partial charge in [0.15, 0.2) is 0 Å². The molecule has 1 unspecified atom stereocenters. The van der Waals surface area contributed by atoms with Crippen LogP contribution in [0.4, 0.5) is 4.79 Å². The summed E-state index contributed by atoms with van der Waals surface area (Å²) in [7, 11) is -3.79. The van der Waals surface area contributed by atoms with E-state index in [4.69, 9.17) is 9.72 Å². The van der Waals surface area contributed by atoms with Crippen LogP contribution in [0.2, 0.25) is 0 Å². The fraction of sp³-hybridized carbons (Fsp3) is 0.200. The number of nitrogens with zero attached hydrogens (tertiary/aromatic N) is 1. The van der Waals surface area contributed by atoms with Crippen molar-refractivity contribution in [2.75, 3.05) is 5.75 Å². The third-order valence-electron chi connectivity index (χ3n) is 7.58. The number of carbonyl (C=O) groups is 1. The van der Waals surface area contributed by atoms with E-state index in [1.54, 1.807) is 0 Å². The highest BCUT2D eigenvalue weighted by atomic mass is 32.2. The molecular weight excluding hydrogens is 574 g/mol. The van der Waals surface area contributed by atoms with Crippen LogP contribution in [0.15, 0.2) is 128 Å². The Bertz CT molecular complexity index is 1630. The lowest BCUT2D eigenvalue weighted by atomic mass is 9.69. The number of aromatic amines is 1. The molecule has 0 aliphatic rings. The average molecular weight is 610 g/mol. The number of hydrogen-bond acceptors (Lipinski definition) is 5. The number of nitrogens with one attached hydrogen (secondary N) is 2. The second-order valence-corrected chi connectivity index (χ2v) is 12.4. The fourth-order valence-electron chi connectivity index (χ4n) is 5.58. The van der Waals surface area contributed by atoms with Crippen molar-refractivity contribution in [3.63, 3.8) is 0 Å². The standard InChI is InChI=1S/C35H35N3O5S/c39-34(40)43-32(26-44(41,42)37-24-27-14-5-1-6-15-27)23-13-22-31-25-36-33(38-31)35(28-16-7-2-8-17-28,29-18-9-3-10-19-29)30-20-11-4-12-21-30/h1-12,14-21,25,32,37H,13,22-24,26H2,(H,36,38)(H,39,40). The summed E-state index contributed by atoms with van der Waals surface area (Å²) in [5.74, 6) is 0.291. The maximum Gasteiger partial charge on any atom is 0.506 e. The molecule has 1 atom stereocenters. The van der Waals surface area contributed by atoms with E-state index in [-0.39, 0.29) is 13.0 Å². The smallest absolute Gasteiger partial charge is 0.450 e. The molecule has 0 fully saturated rings. The summed E-state index contributed by atoms with van der Waals surface area (Å²) in [6.45, 7) is 0.116. The molecule has 4 aromatic carbocycles. The van der Waals surface area contributed by atoms with Crippen molar-refractivity contribution in [3.05, 3.63) is 161 Å². The van der Waals surface area contributed by atoms with Crippen LogP contribution in [0, 0.1) is 0 Å². The minimum Gasteiger partial charge on any atom is -0.450 e. The van der Waals surface area contributed by atoms with E-state index in [1.165, 1.54) is 0 Å². The lowest BCUT2D eigenvalue weighted by molar-refractivity contribution is 0.0562. The normalized spacial score (nSPS) is 12.5. The average Bonchev–Trinajstić information content (AvgIpc) is 3.51. The Morgan fingerprint density at radius 1 is 0.818 bits per heavy atom. The highest BCUT2D eigenvalue weighted by molar-refractivity contribution is 7.89. The summed E-state index contributed by atoms with van der Waals surface area (Å²) in [5.41, 5.74) is 4.05. The molecule has 0 saturated heterocycles. The van der Waals surface area contributed by atoms with Crippen molar-refractivity contribution in [1.82, 2.24) is 14.7 Å². The van der Waals surface area contributed by atoms with E-state index in [1.807, 2.05) is 91.1 Å². The summed E-state index contributed by atoms with van der Waals surface area (Å²) in [5, 5.41) is 9.27. The van der Waals surface area contributed by atoms with Gasteiger partial charge < -0.3 is 14.8 Å². The summed E-state index contributed by atoms with van der Waals surface area (Å²) >= 11 is 0. The second-order valence-electron chi connectivity index (χ2n) is 10.6. The molecule has 5 aromatic rings. The van der Waals surface area contributed by atoms with Crippen molar-refractivity contribution in [2.24, 2.45) is 0 Å². The molecule has 0 spiro atoms. The zero-order chi connectivity index (χ0) is 30.8. The zero-order valence-corrected chi connectivity index (χ0v) is 25.0. The molecule has 1 aromatic heterocycles. The van der Waals surface area contributed by atoms with Crippen LogP contribution >= 0.6 is 0 Å². The number of benzene rings is 4. The molecule has 3 N–H and O–H groups in total. The van der Waals surface area contributed by atoms with Gasteiger partial charge in [0.25, 0.3) is 0 Å². The number of hydrogen-bond donors (Lipinski definition) is 3. The Morgan fingerprint density at radius 3 is 1.82 bits per heavy atom. The molecule has 0 radical (unpaired) electrons. The Hall–Kier alpha value is -4.73. The van der Waals surface area contributed by atoms with Gasteiger partial charge in [0.05, 0.1) is 5.69 Å². The van der Waals surface area contributed by atoms with Crippen molar-refractivity contribution in [1.29, 1.82) is 0 Å². The molecule has 44 heavy (non-hydrogen) atoms. The molecule has 1 heterocycles. The van der Waals surface area contributed by atoms with Crippen LogP contribution in [-0.2, 0) is 33.1 Å². The number of carboxylic acid groups (broad SMARTS) is 1. The molecule has 226 valence electrons.